The highest BCUT2D eigenvalue weighted by Gasteiger charge is 2.28. The minimum Gasteiger partial charge on any atom is -0.377 e. The number of halogens is 1. The third kappa shape index (κ3) is 15.2. The molecule has 1 N–H and O–H groups in total. The second kappa shape index (κ2) is 22.3. The molecular weight excluding hydrogens is 695 g/mol. The van der Waals surface area contributed by atoms with Gasteiger partial charge in [0.25, 0.3) is 11.8 Å². The summed E-state index contributed by atoms with van der Waals surface area (Å²) in [4.78, 5) is 37.8. The molecule has 0 saturated carbocycles. The smallest absolute Gasteiger partial charge is 0.317 e. The average molecular weight is 739 g/mol. The van der Waals surface area contributed by atoms with Crippen molar-refractivity contribution in [3.8, 4) is 0 Å². The molecule has 16 nitrogen and oxygen atoms in total. The molecule has 1 fully saturated rings. The van der Waals surface area contributed by atoms with E-state index < -0.39 is 0 Å². The monoisotopic (exact) mass is 738 g/mol. The standard InChI is InChI=1S/C27H43IN6O10/c28-23-19-32(20-23)27(37)29-3-5-38-7-9-40-11-13-42-15-17-44-18-16-43-14-12-41-10-8-39-6-4-33-21-24(30-31-33)22-34-25(35)1-2-26(34)36/h1-2,21,23H,3-20,22H2,(H,29,37). The van der Waals surface area contributed by atoms with Crippen LogP contribution >= 0.6 is 22.6 Å². The van der Waals surface area contributed by atoms with Gasteiger partial charge in [0, 0.05) is 35.7 Å². The number of imide groups is 1. The summed E-state index contributed by atoms with van der Waals surface area (Å²) in [6.07, 6.45) is 4.17. The summed E-state index contributed by atoms with van der Waals surface area (Å²) in [5.41, 5.74) is 0.532. The number of amides is 4. The van der Waals surface area contributed by atoms with Crippen LogP contribution < -0.4 is 5.32 Å². The highest BCUT2D eigenvalue weighted by Crippen LogP contribution is 2.15. The molecule has 1 aromatic heterocycles. The molecule has 0 aliphatic carbocycles. The van der Waals surface area contributed by atoms with Crippen LogP contribution in [0.15, 0.2) is 18.3 Å². The molecule has 0 atom stereocenters. The number of nitrogens with zero attached hydrogens (tertiary/aromatic N) is 5. The zero-order valence-electron chi connectivity index (χ0n) is 24.9. The molecule has 2 aliphatic rings. The first-order valence-corrected chi connectivity index (χ1v) is 15.9. The number of nitrogens with one attached hydrogen (secondary N) is 1. The number of hydrogen-bond donors (Lipinski definition) is 1. The topological polar surface area (TPSA) is 165 Å². The third-order valence-electron chi connectivity index (χ3n) is 6.15. The fourth-order valence-electron chi connectivity index (χ4n) is 3.78. The highest BCUT2D eigenvalue weighted by atomic mass is 127. The molecule has 3 rings (SSSR count). The Morgan fingerprint density at radius 2 is 1.20 bits per heavy atom. The Bertz CT molecular complexity index is 992. The lowest BCUT2D eigenvalue weighted by molar-refractivity contribution is -0.137. The van der Waals surface area contributed by atoms with Gasteiger partial charge in [-0.15, -0.1) is 5.10 Å². The van der Waals surface area contributed by atoms with Gasteiger partial charge in [0.15, 0.2) is 0 Å². The molecule has 0 unspecified atom stereocenters. The average Bonchev–Trinajstić information content (AvgIpc) is 3.58. The van der Waals surface area contributed by atoms with Gasteiger partial charge in [0.1, 0.15) is 5.69 Å². The second-order valence-electron chi connectivity index (χ2n) is 9.59. The molecule has 1 aromatic rings. The Morgan fingerprint density at radius 3 is 1.68 bits per heavy atom. The van der Waals surface area contributed by atoms with Crippen molar-refractivity contribution in [2.75, 3.05) is 112 Å². The minimum absolute atomic E-state index is 0.0287. The highest BCUT2D eigenvalue weighted by molar-refractivity contribution is 14.1. The number of ether oxygens (including phenoxy) is 7. The van der Waals surface area contributed by atoms with Gasteiger partial charge in [-0.25, -0.2) is 9.48 Å². The first kappa shape index (κ1) is 36.2. The van der Waals surface area contributed by atoms with Crippen LogP contribution in [-0.2, 0) is 55.8 Å². The predicted octanol–water partition coefficient (Wildman–Crippen LogP) is -0.352. The molecular formula is C27H43IN6O10. The Morgan fingerprint density at radius 1 is 0.750 bits per heavy atom. The molecule has 3 heterocycles. The van der Waals surface area contributed by atoms with Crippen LogP contribution in [0, 0.1) is 0 Å². The summed E-state index contributed by atoms with van der Waals surface area (Å²) < 4.78 is 40.5. The Labute approximate surface area is 270 Å². The van der Waals surface area contributed by atoms with Crippen LogP contribution in [-0.4, -0.2) is 159 Å². The maximum atomic E-state index is 11.7. The first-order chi connectivity index (χ1) is 21.5. The molecule has 44 heavy (non-hydrogen) atoms. The van der Waals surface area contributed by atoms with Crippen LogP contribution in [0.1, 0.15) is 5.69 Å². The van der Waals surface area contributed by atoms with E-state index in [0.29, 0.717) is 115 Å². The summed E-state index contributed by atoms with van der Waals surface area (Å²) in [7, 11) is 0. The number of rotatable bonds is 26. The van der Waals surface area contributed by atoms with Crippen molar-refractivity contribution in [3.05, 3.63) is 24.0 Å². The van der Waals surface area contributed by atoms with Crippen molar-refractivity contribution in [3.63, 3.8) is 0 Å². The lowest BCUT2D eigenvalue weighted by atomic mass is 10.2. The van der Waals surface area contributed by atoms with Crippen molar-refractivity contribution < 1.29 is 47.5 Å². The van der Waals surface area contributed by atoms with Crippen LogP contribution in [0.4, 0.5) is 4.79 Å². The van der Waals surface area contributed by atoms with E-state index in [1.54, 1.807) is 15.8 Å². The van der Waals surface area contributed by atoms with E-state index in [4.69, 9.17) is 33.2 Å². The minimum atomic E-state index is -0.349. The van der Waals surface area contributed by atoms with Crippen LogP contribution in [0.3, 0.4) is 0 Å². The van der Waals surface area contributed by atoms with Gasteiger partial charge in [-0.3, -0.25) is 14.5 Å². The lowest BCUT2D eigenvalue weighted by Crippen LogP contribution is -2.54. The third-order valence-corrected chi connectivity index (χ3v) is 6.94. The summed E-state index contributed by atoms with van der Waals surface area (Å²) >= 11 is 2.34. The number of likely N-dealkylation sites (tertiary alicyclic amines) is 1. The van der Waals surface area contributed by atoms with Crippen molar-refractivity contribution in [1.29, 1.82) is 0 Å². The molecule has 4 amide bonds. The number of hydrogen-bond acceptors (Lipinski definition) is 12. The fraction of sp³-hybridized carbons (Fsp3) is 0.741. The number of carbonyl (C=O) groups is 3. The van der Waals surface area contributed by atoms with E-state index >= 15 is 0 Å². The van der Waals surface area contributed by atoms with Crippen LogP contribution in [0.5, 0.6) is 0 Å². The molecule has 2 aliphatic heterocycles. The van der Waals surface area contributed by atoms with Crippen LogP contribution in [0.25, 0.3) is 0 Å². The number of urea groups is 1. The van der Waals surface area contributed by atoms with Gasteiger partial charge in [0.05, 0.1) is 112 Å². The SMILES string of the molecule is O=C(NCCOCCOCCOCCOCCOCCOCCOCCn1cc(CN2C(=O)C=CC2=O)nn1)N1CC(I)C1. The van der Waals surface area contributed by atoms with Gasteiger partial charge in [0.2, 0.25) is 0 Å². The van der Waals surface area contributed by atoms with Crippen LogP contribution in [0.2, 0.25) is 0 Å². The van der Waals surface area contributed by atoms with E-state index in [1.165, 1.54) is 12.2 Å². The van der Waals surface area contributed by atoms with E-state index in [2.05, 4.69) is 38.2 Å². The molecule has 0 bridgehead atoms. The molecule has 1 saturated heterocycles. The lowest BCUT2D eigenvalue weighted by Gasteiger charge is -2.35. The van der Waals surface area contributed by atoms with E-state index in [0.717, 1.165) is 18.0 Å². The number of alkyl halides is 1. The van der Waals surface area contributed by atoms with Crippen molar-refractivity contribution in [1.82, 2.24) is 30.1 Å². The van der Waals surface area contributed by atoms with E-state index in [-0.39, 0.29) is 24.4 Å². The molecule has 0 radical (unpaired) electrons. The quantitative estimate of drug-likeness (QED) is 0.0570. The molecule has 248 valence electrons. The van der Waals surface area contributed by atoms with Gasteiger partial charge in [-0.2, -0.15) is 0 Å². The largest absolute Gasteiger partial charge is 0.377 e. The zero-order valence-corrected chi connectivity index (χ0v) is 27.1. The first-order valence-electron chi connectivity index (χ1n) is 14.7. The summed E-state index contributed by atoms with van der Waals surface area (Å²) in [5, 5.41) is 10.8. The zero-order chi connectivity index (χ0) is 31.2. The Hall–Kier alpha value is -2.26. The van der Waals surface area contributed by atoms with Gasteiger partial charge in [-0.05, 0) is 0 Å². The molecule has 17 heteroatoms. The van der Waals surface area contributed by atoms with Gasteiger partial charge >= 0.3 is 6.03 Å². The molecule has 0 aromatic carbocycles. The summed E-state index contributed by atoms with van der Waals surface area (Å²) in [6, 6.07) is -0.0287. The fourth-order valence-corrected chi connectivity index (χ4v) is 4.73. The maximum absolute atomic E-state index is 11.7. The molecule has 0 spiro atoms. The maximum Gasteiger partial charge on any atom is 0.317 e. The van der Waals surface area contributed by atoms with E-state index in [1.807, 2.05) is 0 Å². The second-order valence-corrected chi connectivity index (χ2v) is 11.4. The van der Waals surface area contributed by atoms with E-state index in [9.17, 15) is 14.4 Å². The Kier molecular flexibility index (Phi) is 18.3. The number of aromatic nitrogens is 3. The summed E-state index contributed by atoms with van der Waals surface area (Å²) in [5.74, 6) is -0.698. The summed E-state index contributed by atoms with van der Waals surface area (Å²) in [6.45, 7) is 9.22. The van der Waals surface area contributed by atoms with Crippen molar-refractivity contribution in [2.24, 2.45) is 0 Å². The van der Waals surface area contributed by atoms with Crippen molar-refractivity contribution in [2.45, 2.75) is 17.0 Å². The number of carbonyl (C=O) groups excluding carboxylic acids is 3. The van der Waals surface area contributed by atoms with Gasteiger partial charge in [-0.1, -0.05) is 27.8 Å². The van der Waals surface area contributed by atoms with Gasteiger partial charge < -0.3 is 43.4 Å². The Balaban J connectivity index is 0.963. The normalized spacial score (nSPS) is 15.0. The van der Waals surface area contributed by atoms with Crippen molar-refractivity contribution >= 4 is 40.4 Å². The predicted molar refractivity (Wildman–Crippen MR) is 163 cm³/mol.